The van der Waals surface area contributed by atoms with E-state index in [1.807, 2.05) is 43.5 Å². The van der Waals surface area contributed by atoms with Gasteiger partial charge in [0.25, 0.3) is 5.91 Å². The maximum absolute atomic E-state index is 11.5. The number of thiophene rings is 1. The van der Waals surface area contributed by atoms with Crippen molar-refractivity contribution in [3.05, 3.63) is 51.2 Å². The Bertz CT molecular complexity index is 593. The number of hydrogen-bond donors (Lipinski definition) is 2. The summed E-state index contributed by atoms with van der Waals surface area (Å²) < 4.78 is 5.78. The molecule has 2 aromatic rings. The number of nitrogens with two attached hydrogens (primary N) is 1. The van der Waals surface area contributed by atoms with E-state index in [9.17, 15) is 4.79 Å². The van der Waals surface area contributed by atoms with Gasteiger partial charge in [-0.2, -0.15) is 0 Å². The van der Waals surface area contributed by atoms with Crippen molar-refractivity contribution in [3.8, 4) is 5.75 Å². The van der Waals surface area contributed by atoms with Crippen molar-refractivity contribution in [1.82, 2.24) is 5.43 Å². The zero-order chi connectivity index (χ0) is 13.8. The quantitative estimate of drug-likeness (QED) is 0.512. The average molecular weight is 276 g/mol. The Morgan fingerprint density at radius 2 is 2.16 bits per heavy atom. The topological polar surface area (TPSA) is 64.3 Å². The van der Waals surface area contributed by atoms with Gasteiger partial charge in [0, 0.05) is 5.56 Å². The molecule has 2 rings (SSSR count). The first-order chi connectivity index (χ1) is 9.11. The number of carbonyl (C=O) groups excluding carboxylic acids is 1. The van der Waals surface area contributed by atoms with Crippen LogP contribution in [0.25, 0.3) is 0 Å². The van der Waals surface area contributed by atoms with Gasteiger partial charge in [0.2, 0.25) is 0 Å². The van der Waals surface area contributed by atoms with Crippen molar-refractivity contribution in [1.29, 1.82) is 0 Å². The lowest BCUT2D eigenvalue weighted by atomic mass is 10.1. The van der Waals surface area contributed by atoms with Gasteiger partial charge in [-0.05, 0) is 42.5 Å². The smallest absolute Gasteiger partial charge is 0.275 e. The van der Waals surface area contributed by atoms with Gasteiger partial charge < -0.3 is 4.74 Å². The molecular weight excluding hydrogens is 260 g/mol. The van der Waals surface area contributed by atoms with Crippen molar-refractivity contribution in [2.24, 2.45) is 5.84 Å². The SMILES string of the molecule is Cc1ccc(C)c(OCc2ccsc2C(=O)NN)c1. The molecule has 0 atom stereocenters. The fourth-order valence-electron chi connectivity index (χ4n) is 1.73. The normalized spacial score (nSPS) is 10.3. The Morgan fingerprint density at radius 3 is 2.89 bits per heavy atom. The predicted octanol–water partition coefficient (Wildman–Crippen LogP) is 2.55. The average Bonchev–Trinajstić information content (AvgIpc) is 2.87. The lowest BCUT2D eigenvalue weighted by Gasteiger charge is -2.10. The number of aryl methyl sites for hydroxylation is 2. The molecule has 19 heavy (non-hydrogen) atoms. The molecule has 0 fully saturated rings. The largest absolute Gasteiger partial charge is 0.489 e. The standard InChI is InChI=1S/C14H16N2O2S/c1-9-3-4-10(2)12(7-9)18-8-11-5-6-19-13(11)14(17)16-15/h3-7H,8,15H2,1-2H3,(H,16,17). The molecule has 0 saturated carbocycles. The molecule has 0 unspecified atom stereocenters. The molecule has 100 valence electrons. The van der Waals surface area contributed by atoms with Gasteiger partial charge >= 0.3 is 0 Å². The van der Waals surface area contributed by atoms with E-state index in [0.717, 1.165) is 22.4 Å². The molecule has 0 aliphatic heterocycles. The van der Waals surface area contributed by atoms with E-state index in [0.29, 0.717) is 11.5 Å². The summed E-state index contributed by atoms with van der Waals surface area (Å²) >= 11 is 1.35. The lowest BCUT2D eigenvalue weighted by Crippen LogP contribution is -2.30. The number of rotatable bonds is 4. The van der Waals surface area contributed by atoms with E-state index in [1.54, 1.807) is 0 Å². The highest BCUT2D eigenvalue weighted by Crippen LogP contribution is 2.23. The maximum Gasteiger partial charge on any atom is 0.275 e. The molecule has 5 heteroatoms. The van der Waals surface area contributed by atoms with Crippen molar-refractivity contribution in [3.63, 3.8) is 0 Å². The summed E-state index contributed by atoms with van der Waals surface area (Å²) in [7, 11) is 0. The molecule has 3 N–H and O–H groups in total. The van der Waals surface area contributed by atoms with Crippen LogP contribution in [0.15, 0.2) is 29.6 Å². The van der Waals surface area contributed by atoms with Crippen LogP contribution in [-0.4, -0.2) is 5.91 Å². The third-order valence-electron chi connectivity index (χ3n) is 2.81. The Morgan fingerprint density at radius 1 is 1.37 bits per heavy atom. The van der Waals surface area contributed by atoms with Crippen molar-refractivity contribution < 1.29 is 9.53 Å². The van der Waals surface area contributed by atoms with Crippen LogP contribution in [0, 0.1) is 13.8 Å². The number of ether oxygens (including phenoxy) is 1. The van der Waals surface area contributed by atoms with Crippen molar-refractivity contribution in [2.75, 3.05) is 0 Å². The molecule has 0 saturated heterocycles. The fourth-order valence-corrected chi connectivity index (χ4v) is 2.55. The molecule has 0 aliphatic carbocycles. The van der Waals surface area contributed by atoms with E-state index in [-0.39, 0.29) is 5.91 Å². The second-order valence-corrected chi connectivity index (χ2v) is 5.22. The molecule has 0 spiro atoms. The van der Waals surface area contributed by atoms with Crippen LogP contribution < -0.4 is 16.0 Å². The monoisotopic (exact) mass is 276 g/mol. The first-order valence-corrected chi connectivity index (χ1v) is 6.77. The summed E-state index contributed by atoms with van der Waals surface area (Å²) in [6.07, 6.45) is 0. The third kappa shape index (κ3) is 3.13. The van der Waals surface area contributed by atoms with E-state index >= 15 is 0 Å². The second-order valence-electron chi connectivity index (χ2n) is 4.31. The molecule has 1 aromatic heterocycles. The van der Waals surface area contributed by atoms with Crippen LogP contribution in [-0.2, 0) is 6.61 Å². The molecule has 4 nitrogen and oxygen atoms in total. The number of hydrazine groups is 1. The van der Waals surface area contributed by atoms with Gasteiger partial charge in [0.1, 0.15) is 12.4 Å². The van der Waals surface area contributed by atoms with Crippen LogP contribution in [0.1, 0.15) is 26.4 Å². The lowest BCUT2D eigenvalue weighted by molar-refractivity contribution is 0.0955. The Balaban J connectivity index is 2.13. The maximum atomic E-state index is 11.5. The number of benzene rings is 1. The number of nitrogen functional groups attached to an aromatic ring is 1. The van der Waals surface area contributed by atoms with Crippen LogP contribution in [0.3, 0.4) is 0 Å². The van der Waals surface area contributed by atoms with Gasteiger partial charge in [-0.25, -0.2) is 5.84 Å². The summed E-state index contributed by atoms with van der Waals surface area (Å²) in [4.78, 5) is 12.1. The van der Waals surface area contributed by atoms with E-state index in [1.165, 1.54) is 11.3 Å². The van der Waals surface area contributed by atoms with Crippen LogP contribution in [0.2, 0.25) is 0 Å². The first-order valence-electron chi connectivity index (χ1n) is 5.89. The van der Waals surface area contributed by atoms with Crippen molar-refractivity contribution >= 4 is 17.2 Å². The highest BCUT2D eigenvalue weighted by atomic mass is 32.1. The zero-order valence-corrected chi connectivity index (χ0v) is 11.7. The predicted molar refractivity (Wildman–Crippen MR) is 76.2 cm³/mol. The number of nitrogens with one attached hydrogen (secondary N) is 1. The number of hydrogen-bond acceptors (Lipinski definition) is 4. The summed E-state index contributed by atoms with van der Waals surface area (Å²) in [5.74, 6) is 5.71. The Labute approximate surface area is 116 Å². The summed E-state index contributed by atoms with van der Waals surface area (Å²) in [6, 6.07) is 7.93. The first kappa shape index (κ1) is 13.6. The van der Waals surface area contributed by atoms with Crippen molar-refractivity contribution in [2.45, 2.75) is 20.5 Å². The molecule has 1 amide bonds. The molecule has 0 radical (unpaired) electrons. The highest BCUT2D eigenvalue weighted by Gasteiger charge is 2.12. The summed E-state index contributed by atoms with van der Waals surface area (Å²) in [6.45, 7) is 4.37. The molecule has 0 aliphatic rings. The molecule has 1 aromatic carbocycles. The van der Waals surface area contributed by atoms with E-state index < -0.39 is 0 Å². The minimum Gasteiger partial charge on any atom is -0.489 e. The zero-order valence-electron chi connectivity index (χ0n) is 10.9. The molecule has 0 bridgehead atoms. The third-order valence-corrected chi connectivity index (χ3v) is 3.77. The van der Waals surface area contributed by atoms with Gasteiger partial charge in [-0.15, -0.1) is 11.3 Å². The summed E-state index contributed by atoms with van der Waals surface area (Å²) in [5.41, 5.74) is 5.20. The van der Waals surface area contributed by atoms with Crippen LogP contribution >= 0.6 is 11.3 Å². The second kappa shape index (κ2) is 5.86. The fraction of sp³-hybridized carbons (Fsp3) is 0.214. The number of carbonyl (C=O) groups is 1. The molecule has 1 heterocycles. The van der Waals surface area contributed by atoms with Gasteiger partial charge in [-0.1, -0.05) is 12.1 Å². The van der Waals surface area contributed by atoms with E-state index in [2.05, 4.69) is 5.43 Å². The minimum absolute atomic E-state index is 0.283. The van der Waals surface area contributed by atoms with Crippen LogP contribution in [0.5, 0.6) is 5.75 Å². The van der Waals surface area contributed by atoms with Gasteiger partial charge in [-0.3, -0.25) is 10.2 Å². The van der Waals surface area contributed by atoms with Gasteiger partial charge in [0.15, 0.2) is 0 Å². The van der Waals surface area contributed by atoms with E-state index in [4.69, 9.17) is 10.6 Å². The Kier molecular flexibility index (Phi) is 4.19. The Hall–Kier alpha value is -1.85. The van der Waals surface area contributed by atoms with Gasteiger partial charge in [0.05, 0.1) is 4.88 Å². The summed E-state index contributed by atoms with van der Waals surface area (Å²) in [5, 5.41) is 1.85. The van der Waals surface area contributed by atoms with Crippen LogP contribution in [0.4, 0.5) is 0 Å². The number of amides is 1. The highest BCUT2D eigenvalue weighted by molar-refractivity contribution is 7.12. The minimum atomic E-state index is -0.283. The molecular formula is C14H16N2O2S.